The van der Waals surface area contributed by atoms with Crippen LogP contribution in [0.5, 0.6) is 11.5 Å². The Labute approximate surface area is 87.3 Å². The van der Waals surface area contributed by atoms with E-state index in [1.165, 1.54) is 7.11 Å². The van der Waals surface area contributed by atoms with Crippen molar-refractivity contribution in [2.75, 3.05) is 14.2 Å². The molecule has 0 unspecified atom stereocenters. The van der Waals surface area contributed by atoms with Crippen LogP contribution in [0, 0.1) is 0 Å². The summed E-state index contributed by atoms with van der Waals surface area (Å²) in [6.07, 6.45) is 0. The van der Waals surface area contributed by atoms with Gasteiger partial charge in [0.05, 0.1) is 14.2 Å². The number of hydroxylamine groups is 1. The first-order valence-corrected chi connectivity index (χ1v) is 4.17. The molecule has 0 fully saturated rings. The first-order chi connectivity index (χ1) is 7.21. The van der Waals surface area contributed by atoms with Crippen LogP contribution in [0.2, 0.25) is 0 Å². The highest BCUT2D eigenvalue weighted by atomic mass is 16.5. The van der Waals surface area contributed by atoms with Crippen LogP contribution in [-0.2, 0) is 0 Å². The molecule has 1 rings (SSSR count). The van der Waals surface area contributed by atoms with Gasteiger partial charge in [-0.05, 0) is 12.1 Å². The van der Waals surface area contributed by atoms with Gasteiger partial charge in [0.2, 0.25) is 5.96 Å². The fraction of sp³-hybridized carbons (Fsp3) is 0.222. The summed E-state index contributed by atoms with van der Waals surface area (Å²) in [7, 11) is 3.07. The van der Waals surface area contributed by atoms with E-state index in [2.05, 4.69) is 4.99 Å². The molecule has 0 heterocycles. The van der Waals surface area contributed by atoms with Crippen LogP contribution in [-0.4, -0.2) is 25.4 Å². The van der Waals surface area contributed by atoms with E-state index in [9.17, 15) is 0 Å². The maximum atomic E-state index is 8.49. The second-order valence-electron chi connectivity index (χ2n) is 2.65. The van der Waals surface area contributed by atoms with Gasteiger partial charge in [0.15, 0.2) is 0 Å². The maximum absolute atomic E-state index is 8.49. The van der Waals surface area contributed by atoms with Crippen molar-refractivity contribution >= 4 is 11.6 Å². The second kappa shape index (κ2) is 5.06. The first kappa shape index (κ1) is 11.1. The molecule has 0 aliphatic heterocycles. The molecule has 0 bridgehead atoms. The minimum Gasteiger partial charge on any atom is -0.497 e. The molecule has 0 atom stereocenters. The molecule has 0 aromatic heterocycles. The molecule has 0 saturated carbocycles. The van der Waals surface area contributed by atoms with Crippen LogP contribution in [0.3, 0.4) is 0 Å². The molecule has 1 aromatic rings. The third kappa shape index (κ3) is 2.75. The number of ether oxygens (including phenoxy) is 2. The zero-order valence-electron chi connectivity index (χ0n) is 8.52. The smallest absolute Gasteiger partial charge is 0.218 e. The number of nitrogens with one attached hydrogen (secondary N) is 1. The molecule has 0 saturated heterocycles. The molecule has 4 N–H and O–H groups in total. The van der Waals surface area contributed by atoms with Crippen LogP contribution >= 0.6 is 0 Å². The topological polar surface area (TPSA) is 89.1 Å². The van der Waals surface area contributed by atoms with E-state index in [1.807, 2.05) is 0 Å². The van der Waals surface area contributed by atoms with Gasteiger partial charge in [-0.1, -0.05) is 0 Å². The summed E-state index contributed by atoms with van der Waals surface area (Å²) in [6.45, 7) is 0. The Kier molecular flexibility index (Phi) is 3.75. The average Bonchev–Trinajstić information content (AvgIpc) is 2.29. The van der Waals surface area contributed by atoms with Crippen molar-refractivity contribution in [2.24, 2.45) is 10.7 Å². The molecular formula is C9H13N3O3. The molecule has 0 aliphatic rings. The molecule has 0 radical (unpaired) electrons. The maximum Gasteiger partial charge on any atom is 0.218 e. The fourth-order valence-electron chi connectivity index (χ4n) is 1.03. The largest absolute Gasteiger partial charge is 0.497 e. The van der Waals surface area contributed by atoms with Gasteiger partial charge in [-0.2, -0.15) is 0 Å². The Bertz CT molecular complexity index is 366. The van der Waals surface area contributed by atoms with Gasteiger partial charge >= 0.3 is 0 Å². The predicted octanol–water partition coefficient (Wildman–Crippen LogP) is 0.629. The summed E-state index contributed by atoms with van der Waals surface area (Å²) in [5, 5.41) is 8.49. The van der Waals surface area contributed by atoms with Crippen molar-refractivity contribution in [3.8, 4) is 11.5 Å². The number of benzene rings is 1. The number of nitrogens with zero attached hydrogens (tertiary/aromatic N) is 1. The predicted molar refractivity (Wildman–Crippen MR) is 55.8 cm³/mol. The highest BCUT2D eigenvalue weighted by Gasteiger charge is 2.04. The normalized spacial score (nSPS) is 11.0. The molecule has 0 spiro atoms. The zero-order chi connectivity index (χ0) is 11.3. The Morgan fingerprint density at radius 2 is 2.13 bits per heavy atom. The van der Waals surface area contributed by atoms with Crippen molar-refractivity contribution in [1.29, 1.82) is 0 Å². The van der Waals surface area contributed by atoms with E-state index in [-0.39, 0.29) is 5.96 Å². The van der Waals surface area contributed by atoms with E-state index in [1.54, 1.807) is 30.8 Å². The third-order valence-electron chi connectivity index (χ3n) is 1.74. The standard InChI is InChI=1S/C9H13N3O3/c1-14-6-3-4-7(8(5-6)15-2)11-9(10)12-13/h3-5,13H,1-2H3,(H3,10,11,12). The lowest BCUT2D eigenvalue weighted by Crippen LogP contribution is -2.27. The minimum atomic E-state index is -0.113. The summed E-state index contributed by atoms with van der Waals surface area (Å²) in [4.78, 5) is 3.88. The van der Waals surface area contributed by atoms with E-state index < -0.39 is 0 Å². The molecule has 1 aromatic carbocycles. The minimum absolute atomic E-state index is 0.113. The second-order valence-corrected chi connectivity index (χ2v) is 2.65. The van der Waals surface area contributed by atoms with Crippen LogP contribution < -0.4 is 20.7 Å². The summed E-state index contributed by atoms with van der Waals surface area (Å²) >= 11 is 0. The Hall–Kier alpha value is -1.95. The Morgan fingerprint density at radius 3 is 2.67 bits per heavy atom. The molecule has 15 heavy (non-hydrogen) atoms. The SMILES string of the molecule is COc1ccc(N=C(N)NO)c(OC)c1. The monoisotopic (exact) mass is 211 g/mol. The van der Waals surface area contributed by atoms with Crippen molar-refractivity contribution in [2.45, 2.75) is 0 Å². The van der Waals surface area contributed by atoms with Crippen LogP contribution in [0.4, 0.5) is 5.69 Å². The van der Waals surface area contributed by atoms with Crippen molar-refractivity contribution in [3.63, 3.8) is 0 Å². The summed E-state index contributed by atoms with van der Waals surface area (Å²) in [5.41, 5.74) is 7.53. The van der Waals surface area contributed by atoms with Crippen molar-refractivity contribution in [3.05, 3.63) is 18.2 Å². The van der Waals surface area contributed by atoms with Crippen LogP contribution in [0.15, 0.2) is 23.2 Å². The van der Waals surface area contributed by atoms with Crippen molar-refractivity contribution < 1.29 is 14.7 Å². The molecule has 0 amide bonds. The Balaban J connectivity index is 3.08. The number of hydrogen-bond acceptors (Lipinski definition) is 4. The number of nitrogens with two attached hydrogens (primary N) is 1. The van der Waals surface area contributed by atoms with E-state index in [0.29, 0.717) is 17.2 Å². The average molecular weight is 211 g/mol. The number of aliphatic imine (C=N–C) groups is 1. The molecule has 0 aliphatic carbocycles. The van der Waals surface area contributed by atoms with Gasteiger partial charge < -0.3 is 15.2 Å². The van der Waals surface area contributed by atoms with E-state index in [0.717, 1.165) is 0 Å². The van der Waals surface area contributed by atoms with Gasteiger partial charge in [-0.15, -0.1) is 0 Å². The highest BCUT2D eigenvalue weighted by molar-refractivity contribution is 5.80. The van der Waals surface area contributed by atoms with Gasteiger partial charge in [0, 0.05) is 6.07 Å². The number of rotatable bonds is 3. The highest BCUT2D eigenvalue weighted by Crippen LogP contribution is 2.31. The van der Waals surface area contributed by atoms with Crippen molar-refractivity contribution in [1.82, 2.24) is 5.48 Å². The molecule has 6 heteroatoms. The Morgan fingerprint density at radius 1 is 1.40 bits per heavy atom. The lowest BCUT2D eigenvalue weighted by molar-refractivity contribution is 0.233. The molecular weight excluding hydrogens is 198 g/mol. The quantitative estimate of drug-likeness (QED) is 0.387. The van der Waals surface area contributed by atoms with Gasteiger partial charge in [-0.3, -0.25) is 5.21 Å². The van der Waals surface area contributed by atoms with Gasteiger partial charge in [0.25, 0.3) is 0 Å². The summed E-state index contributed by atoms with van der Waals surface area (Å²) in [5.74, 6) is 1.05. The number of hydrogen-bond donors (Lipinski definition) is 3. The molecule has 6 nitrogen and oxygen atoms in total. The lowest BCUT2D eigenvalue weighted by Gasteiger charge is -2.07. The third-order valence-corrected chi connectivity index (χ3v) is 1.74. The van der Waals surface area contributed by atoms with Crippen LogP contribution in [0.1, 0.15) is 0 Å². The zero-order valence-corrected chi connectivity index (χ0v) is 8.52. The van der Waals surface area contributed by atoms with Gasteiger partial charge in [0.1, 0.15) is 17.2 Å². The van der Waals surface area contributed by atoms with E-state index in [4.69, 9.17) is 20.4 Å². The molecule has 82 valence electrons. The summed E-state index contributed by atoms with van der Waals surface area (Å²) in [6, 6.07) is 5.05. The van der Waals surface area contributed by atoms with Gasteiger partial charge in [-0.25, -0.2) is 10.5 Å². The van der Waals surface area contributed by atoms with E-state index >= 15 is 0 Å². The van der Waals surface area contributed by atoms with Crippen LogP contribution in [0.25, 0.3) is 0 Å². The summed E-state index contributed by atoms with van der Waals surface area (Å²) < 4.78 is 10.1. The number of guanidine groups is 1. The fourth-order valence-corrected chi connectivity index (χ4v) is 1.03. The first-order valence-electron chi connectivity index (χ1n) is 4.17. The number of methoxy groups -OCH3 is 2. The lowest BCUT2D eigenvalue weighted by atomic mass is 10.3.